The standard InChI is InChI=1S/C12H20N2O/c1-3-15-12-7-5-4-6-10(12)11(8-13)9(2)14/h4-7,9,11H,3,8,13-14H2,1-2H3. The molecule has 0 spiro atoms. The van der Waals surface area contributed by atoms with Gasteiger partial charge < -0.3 is 16.2 Å². The van der Waals surface area contributed by atoms with Crippen molar-refractivity contribution in [2.45, 2.75) is 25.8 Å². The van der Waals surface area contributed by atoms with Gasteiger partial charge in [-0.25, -0.2) is 0 Å². The first-order valence-corrected chi connectivity index (χ1v) is 5.38. The smallest absolute Gasteiger partial charge is 0.122 e. The minimum atomic E-state index is 0.0385. The lowest BCUT2D eigenvalue weighted by molar-refractivity contribution is 0.332. The van der Waals surface area contributed by atoms with Crippen molar-refractivity contribution in [1.29, 1.82) is 0 Å². The lowest BCUT2D eigenvalue weighted by atomic mass is 9.92. The van der Waals surface area contributed by atoms with E-state index in [1.54, 1.807) is 0 Å². The summed E-state index contributed by atoms with van der Waals surface area (Å²) in [5, 5.41) is 0. The molecule has 0 aliphatic carbocycles. The van der Waals surface area contributed by atoms with Gasteiger partial charge in [0.15, 0.2) is 0 Å². The number of rotatable bonds is 5. The Morgan fingerprint density at radius 3 is 2.53 bits per heavy atom. The van der Waals surface area contributed by atoms with Gasteiger partial charge in [0.05, 0.1) is 6.61 Å². The minimum Gasteiger partial charge on any atom is -0.494 e. The van der Waals surface area contributed by atoms with E-state index in [1.807, 2.05) is 38.1 Å². The van der Waals surface area contributed by atoms with Gasteiger partial charge in [-0.15, -0.1) is 0 Å². The summed E-state index contributed by atoms with van der Waals surface area (Å²) in [5.41, 5.74) is 12.8. The zero-order valence-electron chi connectivity index (χ0n) is 9.44. The highest BCUT2D eigenvalue weighted by Crippen LogP contribution is 2.27. The molecule has 0 aliphatic rings. The molecule has 1 aromatic carbocycles. The highest BCUT2D eigenvalue weighted by atomic mass is 16.5. The Hall–Kier alpha value is -1.06. The molecule has 0 radical (unpaired) electrons. The van der Waals surface area contributed by atoms with Gasteiger partial charge >= 0.3 is 0 Å². The Bertz CT molecular complexity index is 299. The number of hydrogen-bond donors (Lipinski definition) is 2. The van der Waals surface area contributed by atoms with Crippen molar-refractivity contribution < 1.29 is 4.74 Å². The fourth-order valence-corrected chi connectivity index (χ4v) is 1.70. The van der Waals surface area contributed by atoms with Crippen LogP contribution in [0.1, 0.15) is 25.3 Å². The van der Waals surface area contributed by atoms with Gasteiger partial charge in [0.2, 0.25) is 0 Å². The Morgan fingerprint density at radius 1 is 1.33 bits per heavy atom. The van der Waals surface area contributed by atoms with Crippen molar-refractivity contribution in [1.82, 2.24) is 0 Å². The zero-order chi connectivity index (χ0) is 11.3. The van der Waals surface area contributed by atoms with Crippen LogP contribution in [0.25, 0.3) is 0 Å². The molecule has 0 aromatic heterocycles. The molecule has 3 heteroatoms. The summed E-state index contributed by atoms with van der Waals surface area (Å²) in [4.78, 5) is 0. The number of ether oxygens (including phenoxy) is 1. The second-order valence-electron chi connectivity index (χ2n) is 3.67. The maximum absolute atomic E-state index is 5.91. The zero-order valence-corrected chi connectivity index (χ0v) is 9.44. The monoisotopic (exact) mass is 208 g/mol. The van der Waals surface area contributed by atoms with Crippen molar-refractivity contribution in [2.24, 2.45) is 11.5 Å². The maximum Gasteiger partial charge on any atom is 0.122 e. The van der Waals surface area contributed by atoms with Gasteiger partial charge in [-0.2, -0.15) is 0 Å². The minimum absolute atomic E-state index is 0.0385. The van der Waals surface area contributed by atoms with E-state index < -0.39 is 0 Å². The van der Waals surface area contributed by atoms with Gasteiger partial charge in [0, 0.05) is 18.5 Å². The SMILES string of the molecule is CCOc1ccccc1C(CN)C(C)N. The summed E-state index contributed by atoms with van der Waals surface area (Å²) in [7, 11) is 0. The lowest BCUT2D eigenvalue weighted by Gasteiger charge is -2.21. The molecular formula is C12H20N2O. The first kappa shape index (κ1) is 12.0. The summed E-state index contributed by atoms with van der Waals surface area (Å²) in [5.74, 6) is 1.06. The second kappa shape index (κ2) is 5.73. The number of hydrogen-bond acceptors (Lipinski definition) is 3. The molecule has 15 heavy (non-hydrogen) atoms. The molecule has 2 unspecified atom stereocenters. The molecule has 0 aliphatic heterocycles. The van der Waals surface area contributed by atoms with E-state index in [9.17, 15) is 0 Å². The number of para-hydroxylation sites is 1. The van der Waals surface area contributed by atoms with Crippen LogP contribution >= 0.6 is 0 Å². The fraction of sp³-hybridized carbons (Fsp3) is 0.500. The van der Waals surface area contributed by atoms with E-state index in [4.69, 9.17) is 16.2 Å². The summed E-state index contributed by atoms with van der Waals surface area (Å²) >= 11 is 0. The molecule has 0 amide bonds. The van der Waals surface area contributed by atoms with Crippen molar-refractivity contribution in [3.8, 4) is 5.75 Å². The van der Waals surface area contributed by atoms with E-state index in [0.717, 1.165) is 11.3 Å². The lowest BCUT2D eigenvalue weighted by Crippen LogP contribution is -2.30. The Kier molecular flexibility index (Phi) is 4.59. The maximum atomic E-state index is 5.91. The molecule has 3 nitrogen and oxygen atoms in total. The van der Waals surface area contributed by atoms with Crippen LogP contribution in [-0.2, 0) is 0 Å². The van der Waals surface area contributed by atoms with E-state index in [0.29, 0.717) is 13.2 Å². The summed E-state index contributed by atoms with van der Waals surface area (Å²) < 4.78 is 5.56. The first-order chi connectivity index (χ1) is 7.20. The van der Waals surface area contributed by atoms with E-state index in [1.165, 1.54) is 0 Å². The van der Waals surface area contributed by atoms with Gasteiger partial charge in [-0.05, 0) is 25.5 Å². The molecule has 0 saturated heterocycles. The fourth-order valence-electron chi connectivity index (χ4n) is 1.70. The molecule has 4 N–H and O–H groups in total. The molecule has 1 rings (SSSR count). The molecule has 0 heterocycles. The van der Waals surface area contributed by atoms with Crippen molar-refractivity contribution in [3.63, 3.8) is 0 Å². The van der Waals surface area contributed by atoms with E-state index in [2.05, 4.69) is 0 Å². The normalized spacial score (nSPS) is 14.7. The molecule has 0 bridgehead atoms. The topological polar surface area (TPSA) is 61.3 Å². The summed E-state index contributed by atoms with van der Waals surface area (Å²) in [6, 6.07) is 7.98. The van der Waals surface area contributed by atoms with Gasteiger partial charge in [-0.1, -0.05) is 18.2 Å². The average molecular weight is 208 g/mol. The van der Waals surface area contributed by atoms with Crippen LogP contribution in [0.2, 0.25) is 0 Å². The second-order valence-corrected chi connectivity index (χ2v) is 3.67. The van der Waals surface area contributed by atoms with Crippen LogP contribution in [0.5, 0.6) is 5.75 Å². The quantitative estimate of drug-likeness (QED) is 0.770. The Labute approximate surface area is 91.4 Å². The molecule has 2 atom stereocenters. The summed E-state index contributed by atoms with van der Waals surface area (Å²) in [6.45, 7) is 5.15. The Balaban J connectivity index is 2.99. The number of nitrogens with two attached hydrogens (primary N) is 2. The molecular weight excluding hydrogens is 188 g/mol. The van der Waals surface area contributed by atoms with Gasteiger partial charge in [0.25, 0.3) is 0 Å². The van der Waals surface area contributed by atoms with Crippen LogP contribution in [0.4, 0.5) is 0 Å². The van der Waals surface area contributed by atoms with Gasteiger partial charge in [0.1, 0.15) is 5.75 Å². The van der Waals surface area contributed by atoms with Crippen LogP contribution in [0, 0.1) is 0 Å². The van der Waals surface area contributed by atoms with Crippen LogP contribution < -0.4 is 16.2 Å². The molecule has 0 fully saturated rings. The van der Waals surface area contributed by atoms with Crippen molar-refractivity contribution >= 4 is 0 Å². The summed E-state index contributed by atoms with van der Waals surface area (Å²) in [6.07, 6.45) is 0. The third kappa shape index (κ3) is 2.94. The highest BCUT2D eigenvalue weighted by Gasteiger charge is 2.17. The molecule has 1 aromatic rings. The van der Waals surface area contributed by atoms with Crippen LogP contribution in [0.3, 0.4) is 0 Å². The van der Waals surface area contributed by atoms with Crippen molar-refractivity contribution in [2.75, 3.05) is 13.2 Å². The third-order valence-corrected chi connectivity index (χ3v) is 2.51. The van der Waals surface area contributed by atoms with E-state index >= 15 is 0 Å². The van der Waals surface area contributed by atoms with E-state index in [-0.39, 0.29) is 12.0 Å². The highest BCUT2D eigenvalue weighted by molar-refractivity contribution is 5.37. The Morgan fingerprint density at radius 2 is 2.00 bits per heavy atom. The van der Waals surface area contributed by atoms with Crippen LogP contribution in [0.15, 0.2) is 24.3 Å². The number of benzene rings is 1. The molecule has 84 valence electrons. The predicted octanol–water partition coefficient (Wildman–Crippen LogP) is 1.47. The van der Waals surface area contributed by atoms with Crippen LogP contribution in [-0.4, -0.2) is 19.2 Å². The third-order valence-electron chi connectivity index (χ3n) is 2.51. The predicted molar refractivity (Wildman–Crippen MR) is 63.1 cm³/mol. The largest absolute Gasteiger partial charge is 0.494 e. The average Bonchev–Trinajstić information content (AvgIpc) is 2.21. The van der Waals surface area contributed by atoms with Gasteiger partial charge in [-0.3, -0.25) is 0 Å². The first-order valence-electron chi connectivity index (χ1n) is 5.38. The molecule has 0 saturated carbocycles. The van der Waals surface area contributed by atoms with Crippen molar-refractivity contribution in [3.05, 3.63) is 29.8 Å².